The average molecular weight is 344 g/mol. The Morgan fingerprint density at radius 2 is 1.92 bits per heavy atom. The summed E-state index contributed by atoms with van der Waals surface area (Å²) >= 11 is 0. The first-order valence-electron chi connectivity index (χ1n) is 9.27. The van der Waals surface area contributed by atoms with Crippen molar-refractivity contribution in [2.24, 2.45) is 0 Å². The second-order valence-corrected chi connectivity index (χ2v) is 6.97. The zero-order chi connectivity index (χ0) is 17.6. The number of aryl methyl sites for hydroxylation is 1. The first-order valence-corrected chi connectivity index (χ1v) is 9.27. The van der Waals surface area contributed by atoms with Crippen LogP contribution in [0.1, 0.15) is 36.8 Å². The van der Waals surface area contributed by atoms with Gasteiger partial charge in [-0.2, -0.15) is 0 Å². The topological polar surface area (TPSA) is 73.5 Å². The number of rotatable bonds is 4. The molecule has 1 fully saturated rings. The number of fused-ring (bicyclic) bond motifs is 1. The van der Waals surface area contributed by atoms with Gasteiger partial charge in [0.2, 0.25) is 5.91 Å². The molecule has 6 heteroatoms. The molecule has 0 spiro atoms. The number of likely N-dealkylation sites (N-methyl/N-ethyl adjacent to an activating group) is 1. The monoisotopic (exact) mass is 344 g/mol. The summed E-state index contributed by atoms with van der Waals surface area (Å²) in [7, 11) is 1.66. The van der Waals surface area contributed by atoms with Gasteiger partial charge in [0, 0.05) is 31.9 Å². The lowest BCUT2D eigenvalue weighted by molar-refractivity contribution is -0.122. The number of hydrogen-bond donors (Lipinski definition) is 3. The SMILES string of the molecule is CNC(=O)CN1CCC(NC(=O)Nc2cccc3c2CCCC3)CC1. The molecule has 1 saturated heterocycles. The molecule has 3 N–H and O–H groups in total. The van der Waals surface area contributed by atoms with Gasteiger partial charge < -0.3 is 16.0 Å². The third-order valence-corrected chi connectivity index (χ3v) is 5.21. The molecule has 0 atom stereocenters. The number of likely N-dealkylation sites (tertiary alicyclic amines) is 1. The van der Waals surface area contributed by atoms with Crippen molar-refractivity contribution in [1.29, 1.82) is 0 Å². The van der Waals surface area contributed by atoms with Crippen molar-refractivity contribution in [3.05, 3.63) is 29.3 Å². The maximum absolute atomic E-state index is 12.4. The zero-order valence-corrected chi connectivity index (χ0v) is 14.9. The Hall–Kier alpha value is -2.08. The smallest absolute Gasteiger partial charge is 0.319 e. The van der Waals surface area contributed by atoms with Crippen LogP contribution in [0.4, 0.5) is 10.5 Å². The average Bonchev–Trinajstić information content (AvgIpc) is 2.63. The highest BCUT2D eigenvalue weighted by Gasteiger charge is 2.22. The van der Waals surface area contributed by atoms with E-state index in [0.29, 0.717) is 6.54 Å². The van der Waals surface area contributed by atoms with Crippen molar-refractivity contribution in [1.82, 2.24) is 15.5 Å². The summed E-state index contributed by atoms with van der Waals surface area (Å²) in [4.78, 5) is 25.9. The van der Waals surface area contributed by atoms with Crippen molar-refractivity contribution >= 4 is 17.6 Å². The first-order chi connectivity index (χ1) is 12.2. The molecule has 3 amide bonds. The summed E-state index contributed by atoms with van der Waals surface area (Å²) in [6.45, 7) is 2.10. The predicted octanol–water partition coefficient (Wildman–Crippen LogP) is 1.90. The van der Waals surface area contributed by atoms with Gasteiger partial charge in [-0.05, 0) is 55.7 Å². The molecule has 0 unspecified atom stereocenters. The van der Waals surface area contributed by atoms with Crippen LogP contribution in [0.2, 0.25) is 0 Å². The molecule has 0 bridgehead atoms. The summed E-state index contributed by atoms with van der Waals surface area (Å²) in [5.74, 6) is 0.0398. The van der Waals surface area contributed by atoms with E-state index in [1.54, 1.807) is 7.05 Å². The van der Waals surface area contributed by atoms with Crippen LogP contribution < -0.4 is 16.0 Å². The molecule has 0 radical (unpaired) electrons. The van der Waals surface area contributed by atoms with Gasteiger partial charge in [-0.25, -0.2) is 4.79 Å². The number of amides is 3. The molecule has 1 heterocycles. The van der Waals surface area contributed by atoms with Crippen LogP contribution in [-0.4, -0.2) is 49.6 Å². The van der Waals surface area contributed by atoms with Crippen LogP contribution >= 0.6 is 0 Å². The van der Waals surface area contributed by atoms with E-state index in [9.17, 15) is 9.59 Å². The zero-order valence-electron chi connectivity index (χ0n) is 14.9. The quantitative estimate of drug-likeness (QED) is 0.781. The Kier molecular flexibility index (Phi) is 5.91. The van der Waals surface area contributed by atoms with E-state index >= 15 is 0 Å². The highest BCUT2D eigenvalue weighted by molar-refractivity contribution is 5.90. The predicted molar refractivity (Wildman–Crippen MR) is 98.8 cm³/mol. The second kappa shape index (κ2) is 8.34. The molecule has 136 valence electrons. The summed E-state index contributed by atoms with van der Waals surface area (Å²) < 4.78 is 0. The number of anilines is 1. The lowest BCUT2D eigenvalue weighted by atomic mass is 9.90. The maximum Gasteiger partial charge on any atom is 0.319 e. The van der Waals surface area contributed by atoms with Crippen LogP contribution in [0.25, 0.3) is 0 Å². The number of piperidine rings is 1. The van der Waals surface area contributed by atoms with Crippen molar-refractivity contribution in [2.75, 3.05) is 32.0 Å². The van der Waals surface area contributed by atoms with Crippen LogP contribution in [-0.2, 0) is 17.6 Å². The van der Waals surface area contributed by atoms with E-state index < -0.39 is 0 Å². The van der Waals surface area contributed by atoms with Gasteiger partial charge in [0.1, 0.15) is 0 Å². The second-order valence-electron chi connectivity index (χ2n) is 6.97. The van der Waals surface area contributed by atoms with Crippen LogP contribution in [0, 0.1) is 0 Å². The van der Waals surface area contributed by atoms with Crippen LogP contribution in [0.3, 0.4) is 0 Å². The van der Waals surface area contributed by atoms with E-state index in [1.807, 2.05) is 12.1 Å². The summed E-state index contributed by atoms with van der Waals surface area (Å²) in [6, 6.07) is 6.23. The summed E-state index contributed by atoms with van der Waals surface area (Å²) in [6.07, 6.45) is 6.32. The Labute approximate surface area is 149 Å². The number of nitrogens with zero attached hydrogens (tertiary/aromatic N) is 1. The van der Waals surface area contributed by atoms with Gasteiger partial charge in [-0.15, -0.1) is 0 Å². The van der Waals surface area contributed by atoms with E-state index in [-0.39, 0.29) is 18.0 Å². The molecule has 25 heavy (non-hydrogen) atoms. The van der Waals surface area contributed by atoms with Gasteiger partial charge in [-0.1, -0.05) is 12.1 Å². The van der Waals surface area contributed by atoms with Crippen molar-refractivity contribution in [2.45, 2.75) is 44.6 Å². The summed E-state index contributed by atoms with van der Waals surface area (Å²) in [5.41, 5.74) is 3.61. The van der Waals surface area contributed by atoms with E-state index in [1.165, 1.54) is 24.0 Å². The number of carbonyl (C=O) groups is 2. The minimum Gasteiger partial charge on any atom is -0.358 e. The number of nitrogens with one attached hydrogen (secondary N) is 3. The highest BCUT2D eigenvalue weighted by Crippen LogP contribution is 2.27. The molecule has 0 aromatic heterocycles. The van der Waals surface area contributed by atoms with E-state index in [4.69, 9.17) is 0 Å². The van der Waals surface area contributed by atoms with Crippen LogP contribution in [0.15, 0.2) is 18.2 Å². The lowest BCUT2D eigenvalue weighted by Gasteiger charge is -2.31. The van der Waals surface area contributed by atoms with Gasteiger partial charge in [0.15, 0.2) is 0 Å². The Morgan fingerprint density at radius 1 is 1.16 bits per heavy atom. The molecule has 3 rings (SSSR count). The van der Waals surface area contributed by atoms with Crippen molar-refractivity contribution in [3.63, 3.8) is 0 Å². The normalized spacial score (nSPS) is 18.3. The van der Waals surface area contributed by atoms with Crippen molar-refractivity contribution in [3.8, 4) is 0 Å². The Morgan fingerprint density at radius 3 is 2.68 bits per heavy atom. The Bertz CT molecular complexity index is 624. The van der Waals surface area contributed by atoms with Gasteiger partial charge in [0.25, 0.3) is 0 Å². The lowest BCUT2D eigenvalue weighted by Crippen LogP contribution is -2.48. The third-order valence-electron chi connectivity index (χ3n) is 5.21. The molecule has 1 aromatic rings. The number of hydrogen-bond acceptors (Lipinski definition) is 3. The highest BCUT2D eigenvalue weighted by atomic mass is 16.2. The fourth-order valence-corrected chi connectivity index (χ4v) is 3.76. The van der Waals surface area contributed by atoms with E-state index in [0.717, 1.165) is 44.5 Å². The number of urea groups is 1. The Balaban J connectivity index is 1.48. The molecule has 0 saturated carbocycles. The third kappa shape index (κ3) is 4.72. The number of benzene rings is 1. The van der Waals surface area contributed by atoms with Gasteiger partial charge in [-0.3, -0.25) is 9.69 Å². The largest absolute Gasteiger partial charge is 0.358 e. The maximum atomic E-state index is 12.4. The standard InChI is InChI=1S/C19H28N4O2/c1-20-18(24)13-23-11-9-15(10-12-23)21-19(25)22-17-8-4-6-14-5-2-3-7-16(14)17/h4,6,8,15H,2-3,5,7,9-13H2,1H3,(H,20,24)(H2,21,22,25). The fraction of sp³-hybridized carbons (Fsp3) is 0.579. The fourth-order valence-electron chi connectivity index (χ4n) is 3.76. The molecule has 2 aliphatic rings. The summed E-state index contributed by atoms with van der Waals surface area (Å²) in [5, 5.41) is 8.77. The molecular weight excluding hydrogens is 316 g/mol. The van der Waals surface area contributed by atoms with Crippen LogP contribution in [0.5, 0.6) is 0 Å². The molecule has 1 aliphatic heterocycles. The van der Waals surface area contributed by atoms with Crippen molar-refractivity contribution < 1.29 is 9.59 Å². The minimum absolute atomic E-state index is 0.0398. The van der Waals surface area contributed by atoms with E-state index in [2.05, 4.69) is 26.9 Å². The van der Waals surface area contributed by atoms with Gasteiger partial charge in [0.05, 0.1) is 6.54 Å². The van der Waals surface area contributed by atoms with Gasteiger partial charge >= 0.3 is 6.03 Å². The molecular formula is C19H28N4O2. The number of carbonyl (C=O) groups excluding carboxylic acids is 2. The molecule has 6 nitrogen and oxygen atoms in total. The first kappa shape index (κ1) is 17.7. The molecule has 1 aliphatic carbocycles. The molecule has 1 aromatic carbocycles. The minimum atomic E-state index is -0.122.